The fourth-order valence-electron chi connectivity index (χ4n) is 0.444. The molecule has 62 valence electrons. The zero-order valence-electron chi connectivity index (χ0n) is 5.68. The van der Waals surface area contributed by atoms with E-state index in [0.29, 0.717) is 6.29 Å². The summed E-state index contributed by atoms with van der Waals surface area (Å²) in [6.07, 6.45) is 0.947. The standard InChI is InChI=1S/C6H9NO4/c7-4(2-1-3-8)5(9)6(10)11/h1-5,9H,7H2,(H,10,11)/b2-1+/t4-,5-/m0/s1. The Bertz CT molecular complexity index is 177. The summed E-state index contributed by atoms with van der Waals surface area (Å²) in [6, 6.07) is -1.04. The van der Waals surface area contributed by atoms with Crippen molar-refractivity contribution < 1.29 is 19.8 Å². The molecule has 0 heterocycles. The summed E-state index contributed by atoms with van der Waals surface area (Å²) in [7, 11) is 0. The summed E-state index contributed by atoms with van der Waals surface area (Å²) in [5.41, 5.74) is 5.13. The van der Waals surface area contributed by atoms with Crippen molar-refractivity contribution in [1.82, 2.24) is 0 Å². The van der Waals surface area contributed by atoms with Gasteiger partial charge in [0.25, 0.3) is 0 Å². The van der Waals surface area contributed by atoms with Crippen molar-refractivity contribution in [2.24, 2.45) is 5.73 Å². The van der Waals surface area contributed by atoms with Gasteiger partial charge in [-0.05, 0) is 6.08 Å². The number of carbonyl (C=O) groups is 2. The fourth-order valence-corrected chi connectivity index (χ4v) is 0.444. The molecule has 5 heteroatoms. The zero-order valence-corrected chi connectivity index (χ0v) is 5.68. The van der Waals surface area contributed by atoms with Crippen molar-refractivity contribution in [1.29, 1.82) is 0 Å². The zero-order chi connectivity index (χ0) is 8.85. The maximum Gasteiger partial charge on any atom is 0.334 e. The second kappa shape index (κ2) is 4.59. The summed E-state index contributed by atoms with van der Waals surface area (Å²) in [5.74, 6) is -1.41. The predicted octanol–water partition coefficient (Wildman–Crippen LogP) is -1.49. The number of aldehydes is 1. The van der Waals surface area contributed by atoms with Gasteiger partial charge in [-0.1, -0.05) is 6.08 Å². The second-order valence-electron chi connectivity index (χ2n) is 1.88. The Morgan fingerprint density at radius 1 is 1.55 bits per heavy atom. The van der Waals surface area contributed by atoms with Crippen LogP contribution >= 0.6 is 0 Å². The molecule has 0 amide bonds. The number of allylic oxidation sites excluding steroid dienone is 1. The van der Waals surface area contributed by atoms with Gasteiger partial charge in [-0.15, -0.1) is 0 Å². The van der Waals surface area contributed by atoms with Gasteiger partial charge >= 0.3 is 5.97 Å². The van der Waals surface area contributed by atoms with Gasteiger partial charge in [0.1, 0.15) is 6.29 Å². The number of hydrogen-bond acceptors (Lipinski definition) is 4. The highest BCUT2D eigenvalue weighted by Crippen LogP contribution is 1.91. The van der Waals surface area contributed by atoms with Crippen LogP contribution < -0.4 is 5.73 Å². The number of rotatable bonds is 4. The molecule has 0 saturated carbocycles. The van der Waals surface area contributed by atoms with Gasteiger partial charge in [0.05, 0.1) is 6.04 Å². The Morgan fingerprint density at radius 2 is 2.09 bits per heavy atom. The van der Waals surface area contributed by atoms with E-state index in [-0.39, 0.29) is 0 Å². The van der Waals surface area contributed by atoms with E-state index in [1.807, 2.05) is 0 Å². The monoisotopic (exact) mass is 159 g/mol. The van der Waals surface area contributed by atoms with Crippen molar-refractivity contribution in [2.75, 3.05) is 0 Å². The highest BCUT2D eigenvalue weighted by Gasteiger charge is 2.18. The molecule has 0 bridgehead atoms. The van der Waals surface area contributed by atoms with E-state index in [2.05, 4.69) is 0 Å². The van der Waals surface area contributed by atoms with Crippen molar-refractivity contribution in [2.45, 2.75) is 12.1 Å². The number of carbonyl (C=O) groups excluding carboxylic acids is 1. The predicted molar refractivity (Wildman–Crippen MR) is 36.8 cm³/mol. The molecule has 4 N–H and O–H groups in total. The maximum atomic E-state index is 10.1. The van der Waals surface area contributed by atoms with Gasteiger partial charge in [0.15, 0.2) is 6.10 Å². The van der Waals surface area contributed by atoms with E-state index < -0.39 is 18.1 Å². The van der Waals surface area contributed by atoms with E-state index in [4.69, 9.17) is 15.9 Å². The molecule has 0 aromatic carbocycles. The molecule has 0 radical (unpaired) electrons. The molecule has 0 fully saturated rings. The third kappa shape index (κ3) is 3.49. The molecule has 0 aromatic rings. The first-order chi connectivity index (χ1) is 5.09. The Kier molecular flexibility index (Phi) is 4.09. The Labute approximate surface area is 63.1 Å². The third-order valence-electron chi connectivity index (χ3n) is 1.03. The minimum Gasteiger partial charge on any atom is -0.479 e. The largest absolute Gasteiger partial charge is 0.479 e. The van der Waals surface area contributed by atoms with Crippen LogP contribution in [-0.4, -0.2) is 34.6 Å². The van der Waals surface area contributed by atoms with E-state index >= 15 is 0 Å². The lowest BCUT2D eigenvalue weighted by atomic mass is 10.1. The number of hydrogen-bond donors (Lipinski definition) is 3. The number of aliphatic hydroxyl groups excluding tert-OH is 1. The molecule has 0 rings (SSSR count). The van der Waals surface area contributed by atoms with Crippen LogP contribution in [0.1, 0.15) is 0 Å². The molecular weight excluding hydrogens is 150 g/mol. The fraction of sp³-hybridized carbons (Fsp3) is 0.333. The summed E-state index contributed by atoms with van der Waals surface area (Å²) in [4.78, 5) is 19.8. The molecule has 0 spiro atoms. The van der Waals surface area contributed by atoms with Crippen LogP contribution in [0.4, 0.5) is 0 Å². The van der Waals surface area contributed by atoms with Gasteiger partial charge in [-0.25, -0.2) is 4.79 Å². The Balaban J connectivity index is 4.01. The maximum absolute atomic E-state index is 10.1. The van der Waals surface area contributed by atoms with E-state index in [9.17, 15) is 9.59 Å². The average Bonchev–Trinajstić information content (AvgIpc) is 1.98. The topological polar surface area (TPSA) is 101 Å². The molecule has 11 heavy (non-hydrogen) atoms. The van der Waals surface area contributed by atoms with E-state index in [1.54, 1.807) is 0 Å². The molecule has 2 atom stereocenters. The minimum absolute atomic E-state index is 0.453. The number of carboxylic acids is 1. The number of nitrogens with two attached hydrogens (primary N) is 1. The molecule has 0 aliphatic carbocycles. The van der Waals surface area contributed by atoms with Gasteiger partial charge in [-0.2, -0.15) is 0 Å². The molecule has 0 aliphatic heterocycles. The summed E-state index contributed by atoms with van der Waals surface area (Å²) >= 11 is 0. The first-order valence-electron chi connectivity index (χ1n) is 2.88. The molecule has 0 aromatic heterocycles. The van der Waals surface area contributed by atoms with Gasteiger partial charge < -0.3 is 15.9 Å². The second-order valence-corrected chi connectivity index (χ2v) is 1.88. The van der Waals surface area contributed by atoms with Crippen LogP contribution in [0.3, 0.4) is 0 Å². The molecule has 5 nitrogen and oxygen atoms in total. The van der Waals surface area contributed by atoms with Crippen LogP contribution in [0.25, 0.3) is 0 Å². The van der Waals surface area contributed by atoms with E-state index in [0.717, 1.165) is 12.2 Å². The smallest absolute Gasteiger partial charge is 0.334 e. The number of aliphatic hydroxyl groups is 1. The van der Waals surface area contributed by atoms with E-state index in [1.165, 1.54) is 0 Å². The van der Waals surface area contributed by atoms with Crippen LogP contribution in [0.2, 0.25) is 0 Å². The average molecular weight is 159 g/mol. The van der Waals surface area contributed by atoms with Crippen molar-refractivity contribution in [3.05, 3.63) is 12.2 Å². The quantitative estimate of drug-likeness (QED) is 0.343. The normalized spacial score (nSPS) is 16.2. The number of carboxylic acid groups (broad SMARTS) is 1. The summed E-state index contributed by atoms with van der Waals surface area (Å²) in [5, 5.41) is 16.9. The van der Waals surface area contributed by atoms with Crippen molar-refractivity contribution in [3.63, 3.8) is 0 Å². The SMILES string of the molecule is N[C@@H](/C=C/C=O)[C@H](O)C(=O)O. The molecular formula is C6H9NO4. The lowest BCUT2D eigenvalue weighted by Gasteiger charge is -2.08. The number of aliphatic carboxylic acids is 1. The van der Waals surface area contributed by atoms with Crippen LogP contribution in [0.5, 0.6) is 0 Å². The van der Waals surface area contributed by atoms with Crippen molar-refractivity contribution in [3.8, 4) is 0 Å². The Hall–Kier alpha value is -1.20. The van der Waals surface area contributed by atoms with Crippen molar-refractivity contribution >= 4 is 12.3 Å². The first-order valence-corrected chi connectivity index (χ1v) is 2.88. The minimum atomic E-state index is -1.66. The lowest BCUT2D eigenvalue weighted by Crippen LogP contribution is -2.38. The molecule has 0 unspecified atom stereocenters. The summed E-state index contributed by atoms with van der Waals surface area (Å²) in [6.45, 7) is 0. The third-order valence-corrected chi connectivity index (χ3v) is 1.03. The molecule has 0 saturated heterocycles. The Morgan fingerprint density at radius 3 is 2.45 bits per heavy atom. The van der Waals surface area contributed by atoms with Gasteiger partial charge in [0.2, 0.25) is 0 Å². The van der Waals surface area contributed by atoms with Crippen LogP contribution in [0.15, 0.2) is 12.2 Å². The van der Waals surface area contributed by atoms with Gasteiger partial charge in [-0.3, -0.25) is 4.79 Å². The highest BCUT2D eigenvalue weighted by atomic mass is 16.4. The van der Waals surface area contributed by atoms with Crippen LogP contribution in [0, 0.1) is 0 Å². The first kappa shape index (κ1) is 9.80. The van der Waals surface area contributed by atoms with Crippen LogP contribution in [-0.2, 0) is 9.59 Å². The summed E-state index contributed by atoms with van der Waals surface area (Å²) < 4.78 is 0. The lowest BCUT2D eigenvalue weighted by molar-refractivity contribution is -0.147. The highest BCUT2D eigenvalue weighted by molar-refractivity contribution is 5.73. The van der Waals surface area contributed by atoms with Gasteiger partial charge in [0, 0.05) is 0 Å². The molecule has 0 aliphatic rings.